The van der Waals surface area contributed by atoms with Crippen LogP contribution in [0, 0.1) is 0 Å². The molecular formula is C19H26N4O2. The molecular weight excluding hydrogens is 316 g/mol. The van der Waals surface area contributed by atoms with Gasteiger partial charge < -0.3 is 21.4 Å². The van der Waals surface area contributed by atoms with Crippen LogP contribution in [0.25, 0.3) is 10.9 Å². The first-order chi connectivity index (χ1) is 12.2. The minimum atomic E-state index is 0.0225. The van der Waals surface area contributed by atoms with Gasteiger partial charge in [-0.15, -0.1) is 0 Å². The lowest BCUT2D eigenvalue weighted by molar-refractivity contribution is -0.123. The molecule has 0 radical (unpaired) electrons. The summed E-state index contributed by atoms with van der Waals surface area (Å²) in [5.41, 5.74) is 7.47. The standard InChI is InChI=1S/C19H26N4O2/c20-10-9-18(24)22-14-5-7-15(8-6-14)23-19(25)11-13-12-21-17-4-2-1-3-16(13)17/h1-4,12,14-15,21H,5-11,20H2,(H,22,24)(H,23,25). The molecule has 0 aliphatic heterocycles. The Morgan fingerprint density at radius 1 is 1.04 bits per heavy atom. The molecule has 6 heteroatoms. The van der Waals surface area contributed by atoms with Crippen molar-refractivity contribution in [3.8, 4) is 0 Å². The molecule has 1 aromatic heterocycles. The molecule has 0 saturated heterocycles. The van der Waals surface area contributed by atoms with Crippen molar-refractivity contribution in [2.24, 2.45) is 5.73 Å². The molecule has 1 saturated carbocycles. The fraction of sp³-hybridized carbons (Fsp3) is 0.474. The summed E-state index contributed by atoms with van der Waals surface area (Å²) in [4.78, 5) is 27.2. The Balaban J connectivity index is 1.46. The summed E-state index contributed by atoms with van der Waals surface area (Å²) in [6.45, 7) is 0.380. The van der Waals surface area contributed by atoms with Crippen molar-refractivity contribution >= 4 is 22.7 Å². The maximum atomic E-state index is 12.4. The molecule has 1 fully saturated rings. The highest BCUT2D eigenvalue weighted by Gasteiger charge is 2.23. The highest BCUT2D eigenvalue weighted by atomic mass is 16.2. The number of carbonyl (C=O) groups is 2. The Morgan fingerprint density at radius 3 is 2.36 bits per heavy atom. The number of fused-ring (bicyclic) bond motifs is 1. The number of amides is 2. The Bertz CT molecular complexity index is 732. The third-order valence-corrected chi connectivity index (χ3v) is 4.85. The van der Waals surface area contributed by atoms with Gasteiger partial charge in [0.1, 0.15) is 0 Å². The van der Waals surface area contributed by atoms with Gasteiger partial charge in [0.05, 0.1) is 6.42 Å². The number of aromatic nitrogens is 1. The highest BCUT2D eigenvalue weighted by molar-refractivity contribution is 5.88. The van der Waals surface area contributed by atoms with Gasteiger partial charge in [-0.25, -0.2) is 0 Å². The maximum Gasteiger partial charge on any atom is 0.224 e. The van der Waals surface area contributed by atoms with Gasteiger partial charge in [0.15, 0.2) is 0 Å². The summed E-state index contributed by atoms with van der Waals surface area (Å²) in [7, 11) is 0. The zero-order valence-electron chi connectivity index (χ0n) is 14.4. The van der Waals surface area contributed by atoms with Crippen molar-refractivity contribution in [3.63, 3.8) is 0 Å². The van der Waals surface area contributed by atoms with E-state index in [4.69, 9.17) is 5.73 Å². The van der Waals surface area contributed by atoms with Gasteiger partial charge in [-0.3, -0.25) is 9.59 Å². The summed E-state index contributed by atoms with van der Waals surface area (Å²) in [5, 5.41) is 7.25. The third kappa shape index (κ3) is 4.60. The lowest BCUT2D eigenvalue weighted by atomic mass is 9.91. The Hall–Kier alpha value is -2.34. The molecule has 5 N–H and O–H groups in total. The van der Waals surface area contributed by atoms with Crippen molar-refractivity contribution in [2.45, 2.75) is 50.6 Å². The van der Waals surface area contributed by atoms with Crippen LogP contribution >= 0.6 is 0 Å². The highest BCUT2D eigenvalue weighted by Crippen LogP contribution is 2.20. The van der Waals surface area contributed by atoms with Crippen molar-refractivity contribution in [1.82, 2.24) is 15.6 Å². The molecule has 2 aromatic rings. The van der Waals surface area contributed by atoms with Gasteiger partial charge >= 0.3 is 0 Å². The van der Waals surface area contributed by atoms with Crippen LogP contribution in [0.15, 0.2) is 30.5 Å². The molecule has 0 bridgehead atoms. The first-order valence-electron chi connectivity index (χ1n) is 8.99. The Morgan fingerprint density at radius 2 is 1.68 bits per heavy atom. The van der Waals surface area contributed by atoms with E-state index in [0.717, 1.165) is 42.1 Å². The molecule has 0 atom stereocenters. The number of nitrogens with two attached hydrogens (primary N) is 1. The molecule has 25 heavy (non-hydrogen) atoms. The van der Waals surface area contributed by atoms with E-state index in [1.165, 1.54) is 0 Å². The van der Waals surface area contributed by atoms with E-state index in [-0.39, 0.29) is 23.9 Å². The average molecular weight is 342 g/mol. The van der Waals surface area contributed by atoms with Gasteiger partial charge in [-0.2, -0.15) is 0 Å². The van der Waals surface area contributed by atoms with Crippen LogP contribution in [0.2, 0.25) is 0 Å². The van der Waals surface area contributed by atoms with Crippen LogP contribution in [0.5, 0.6) is 0 Å². The molecule has 1 aliphatic carbocycles. The van der Waals surface area contributed by atoms with E-state index in [0.29, 0.717) is 19.4 Å². The van der Waals surface area contributed by atoms with Gasteiger partial charge in [0, 0.05) is 42.1 Å². The summed E-state index contributed by atoms with van der Waals surface area (Å²) in [6.07, 6.45) is 6.26. The topological polar surface area (TPSA) is 100 Å². The predicted octanol–water partition coefficient (Wildman–Crippen LogP) is 1.60. The van der Waals surface area contributed by atoms with Crippen LogP contribution < -0.4 is 16.4 Å². The van der Waals surface area contributed by atoms with Crippen LogP contribution in [0.1, 0.15) is 37.7 Å². The Kier molecular flexibility index (Phi) is 5.71. The van der Waals surface area contributed by atoms with Crippen molar-refractivity contribution < 1.29 is 9.59 Å². The van der Waals surface area contributed by atoms with E-state index < -0.39 is 0 Å². The van der Waals surface area contributed by atoms with Crippen molar-refractivity contribution in [1.29, 1.82) is 0 Å². The summed E-state index contributed by atoms with van der Waals surface area (Å²) < 4.78 is 0. The van der Waals surface area contributed by atoms with Crippen LogP contribution in [0.4, 0.5) is 0 Å². The average Bonchev–Trinajstić information content (AvgIpc) is 3.00. The molecule has 1 heterocycles. The molecule has 0 spiro atoms. The molecule has 0 unspecified atom stereocenters. The molecule has 1 aliphatic rings. The molecule has 3 rings (SSSR count). The first kappa shape index (κ1) is 17.5. The predicted molar refractivity (Wildman–Crippen MR) is 98.0 cm³/mol. The minimum Gasteiger partial charge on any atom is -0.361 e. The molecule has 134 valence electrons. The van der Waals surface area contributed by atoms with E-state index >= 15 is 0 Å². The van der Waals surface area contributed by atoms with Crippen molar-refractivity contribution in [3.05, 3.63) is 36.0 Å². The smallest absolute Gasteiger partial charge is 0.224 e. The largest absolute Gasteiger partial charge is 0.361 e. The zero-order valence-corrected chi connectivity index (χ0v) is 14.4. The van der Waals surface area contributed by atoms with E-state index in [9.17, 15) is 9.59 Å². The number of hydrogen-bond acceptors (Lipinski definition) is 3. The summed E-state index contributed by atoms with van der Waals surface area (Å²) in [6, 6.07) is 8.41. The minimum absolute atomic E-state index is 0.0225. The first-order valence-corrected chi connectivity index (χ1v) is 8.99. The van der Waals surface area contributed by atoms with E-state index in [2.05, 4.69) is 15.6 Å². The number of nitrogens with one attached hydrogen (secondary N) is 3. The summed E-state index contributed by atoms with van der Waals surface area (Å²) in [5.74, 6) is 0.0784. The van der Waals surface area contributed by atoms with Crippen LogP contribution in [-0.4, -0.2) is 35.4 Å². The quantitative estimate of drug-likeness (QED) is 0.641. The number of carbonyl (C=O) groups excluding carboxylic acids is 2. The number of rotatable bonds is 6. The zero-order chi connectivity index (χ0) is 17.6. The Labute approximate surface area is 147 Å². The SMILES string of the molecule is NCCC(=O)NC1CCC(NC(=O)Cc2c[nH]c3ccccc23)CC1. The normalized spacial score (nSPS) is 20.4. The number of para-hydroxylation sites is 1. The third-order valence-electron chi connectivity index (χ3n) is 4.85. The second-order valence-corrected chi connectivity index (χ2v) is 6.76. The van der Waals surface area contributed by atoms with E-state index in [1.807, 2.05) is 30.5 Å². The van der Waals surface area contributed by atoms with Gasteiger partial charge in [-0.05, 0) is 37.3 Å². The fourth-order valence-corrected chi connectivity index (χ4v) is 3.54. The molecule has 1 aromatic carbocycles. The van der Waals surface area contributed by atoms with Crippen LogP contribution in [-0.2, 0) is 16.0 Å². The molecule has 2 amide bonds. The fourth-order valence-electron chi connectivity index (χ4n) is 3.54. The number of H-pyrrole nitrogens is 1. The van der Waals surface area contributed by atoms with Crippen LogP contribution in [0.3, 0.4) is 0 Å². The van der Waals surface area contributed by atoms with Crippen molar-refractivity contribution in [2.75, 3.05) is 6.54 Å². The van der Waals surface area contributed by atoms with Gasteiger partial charge in [-0.1, -0.05) is 18.2 Å². The van der Waals surface area contributed by atoms with Gasteiger partial charge in [0.2, 0.25) is 11.8 Å². The van der Waals surface area contributed by atoms with E-state index in [1.54, 1.807) is 0 Å². The second kappa shape index (κ2) is 8.16. The monoisotopic (exact) mass is 342 g/mol. The maximum absolute atomic E-state index is 12.4. The molecule has 6 nitrogen and oxygen atoms in total. The number of benzene rings is 1. The van der Waals surface area contributed by atoms with Gasteiger partial charge in [0.25, 0.3) is 0 Å². The number of hydrogen-bond donors (Lipinski definition) is 4. The lowest BCUT2D eigenvalue weighted by Gasteiger charge is -2.29. The lowest BCUT2D eigenvalue weighted by Crippen LogP contribution is -2.44. The second-order valence-electron chi connectivity index (χ2n) is 6.76. The number of aromatic amines is 1. The summed E-state index contributed by atoms with van der Waals surface area (Å²) >= 11 is 0.